The van der Waals surface area contributed by atoms with Crippen molar-refractivity contribution < 1.29 is 15.0 Å². The molecule has 4 heteroatoms. The lowest BCUT2D eigenvalue weighted by Crippen LogP contribution is -2.45. The van der Waals surface area contributed by atoms with E-state index in [0.29, 0.717) is 6.42 Å². The van der Waals surface area contributed by atoms with Gasteiger partial charge in [-0.05, 0) is 32.1 Å². The summed E-state index contributed by atoms with van der Waals surface area (Å²) in [7, 11) is 0. The number of aliphatic hydroxyl groups excluding tert-OH is 2. The molecule has 47 heavy (non-hydrogen) atoms. The molecule has 0 aromatic carbocycles. The minimum absolute atomic E-state index is 0.0713. The number of aliphatic hydroxyl groups is 2. The fourth-order valence-corrected chi connectivity index (χ4v) is 6.43. The summed E-state index contributed by atoms with van der Waals surface area (Å²) in [6.45, 7) is 4.29. The van der Waals surface area contributed by atoms with Crippen molar-refractivity contribution in [3.63, 3.8) is 0 Å². The Morgan fingerprint density at radius 1 is 0.489 bits per heavy atom. The van der Waals surface area contributed by atoms with E-state index in [1.54, 1.807) is 6.08 Å². The summed E-state index contributed by atoms with van der Waals surface area (Å²) >= 11 is 0. The van der Waals surface area contributed by atoms with Crippen LogP contribution in [0.25, 0.3) is 0 Å². The molecule has 1 amide bonds. The van der Waals surface area contributed by atoms with E-state index in [1.807, 2.05) is 6.08 Å². The number of nitrogens with one attached hydrogen (secondary N) is 1. The molecule has 0 rings (SSSR count). The Bertz CT molecular complexity index is 676. The molecule has 0 radical (unpaired) electrons. The first kappa shape index (κ1) is 45.9. The van der Waals surface area contributed by atoms with Crippen LogP contribution in [0, 0.1) is 0 Å². The van der Waals surface area contributed by atoms with Gasteiger partial charge in [-0.3, -0.25) is 4.79 Å². The summed E-state index contributed by atoms with van der Waals surface area (Å²) in [4.78, 5) is 12.3. The average molecular weight is 662 g/mol. The summed E-state index contributed by atoms with van der Waals surface area (Å²) in [5.41, 5.74) is 0. The number of rotatable bonds is 38. The molecule has 2 unspecified atom stereocenters. The monoisotopic (exact) mass is 662 g/mol. The van der Waals surface area contributed by atoms with Gasteiger partial charge in [-0.25, -0.2) is 0 Å². The molecule has 0 aliphatic rings. The molecule has 2 atom stereocenters. The molecule has 0 fully saturated rings. The first-order chi connectivity index (χ1) is 23.2. The van der Waals surface area contributed by atoms with E-state index in [0.717, 1.165) is 32.1 Å². The van der Waals surface area contributed by atoms with Crippen LogP contribution in [0.4, 0.5) is 0 Å². The summed E-state index contributed by atoms with van der Waals surface area (Å²) in [5, 5.41) is 22.9. The molecule has 0 saturated carbocycles. The van der Waals surface area contributed by atoms with E-state index >= 15 is 0 Å². The van der Waals surface area contributed by atoms with E-state index in [9.17, 15) is 15.0 Å². The second-order valence-electron chi connectivity index (χ2n) is 14.4. The Kier molecular flexibility index (Phi) is 38.4. The van der Waals surface area contributed by atoms with Crippen LogP contribution >= 0.6 is 0 Å². The minimum Gasteiger partial charge on any atom is -0.394 e. The number of carbonyl (C=O) groups is 1. The molecule has 0 aliphatic heterocycles. The molecule has 0 heterocycles. The van der Waals surface area contributed by atoms with Crippen molar-refractivity contribution in [3.05, 3.63) is 24.3 Å². The van der Waals surface area contributed by atoms with E-state index < -0.39 is 12.1 Å². The standard InChI is InChI=1S/C43H83NO3/c1-3-5-7-9-11-13-15-17-18-19-20-21-22-23-24-25-27-29-31-33-35-37-39-43(47)44-41(40-45)42(46)38-36-34-32-30-28-26-16-14-12-10-8-6-4-2/h28,30,36,38,41-42,45-46H,3-27,29,31-35,37,39-40H2,1-2H3,(H,44,47)/b30-28+,38-36+. The van der Waals surface area contributed by atoms with Crippen LogP contribution in [0.3, 0.4) is 0 Å². The normalized spacial score (nSPS) is 13.2. The third kappa shape index (κ3) is 36.0. The van der Waals surface area contributed by atoms with Gasteiger partial charge in [0.1, 0.15) is 0 Å². The Morgan fingerprint density at radius 2 is 0.830 bits per heavy atom. The van der Waals surface area contributed by atoms with Crippen LogP contribution < -0.4 is 5.32 Å². The predicted octanol–water partition coefficient (Wildman–Crippen LogP) is 12.8. The van der Waals surface area contributed by atoms with Gasteiger partial charge in [0.25, 0.3) is 0 Å². The van der Waals surface area contributed by atoms with E-state index in [1.165, 1.54) is 173 Å². The van der Waals surface area contributed by atoms with Gasteiger partial charge in [0.2, 0.25) is 5.91 Å². The Morgan fingerprint density at radius 3 is 1.23 bits per heavy atom. The van der Waals surface area contributed by atoms with E-state index in [2.05, 4.69) is 31.3 Å². The SMILES string of the molecule is CCCCCCCCC/C=C/CC/C=C/C(O)C(CO)NC(=O)CCCCCCCCCCCCCCCCCCCCCCCC. The second-order valence-corrected chi connectivity index (χ2v) is 14.4. The number of unbranched alkanes of at least 4 members (excludes halogenated alkanes) is 29. The zero-order valence-electron chi connectivity index (χ0n) is 31.8. The fourth-order valence-electron chi connectivity index (χ4n) is 6.43. The Labute approximate surface area is 294 Å². The molecule has 278 valence electrons. The fraction of sp³-hybridized carbons (Fsp3) is 0.884. The van der Waals surface area contributed by atoms with Gasteiger partial charge in [0.15, 0.2) is 0 Å². The molecule has 0 aliphatic carbocycles. The van der Waals surface area contributed by atoms with Crippen molar-refractivity contribution in [1.29, 1.82) is 0 Å². The van der Waals surface area contributed by atoms with Crippen molar-refractivity contribution in [1.82, 2.24) is 5.32 Å². The minimum atomic E-state index is -0.856. The highest BCUT2D eigenvalue weighted by molar-refractivity contribution is 5.76. The molecule has 0 spiro atoms. The summed E-state index contributed by atoms with van der Waals surface area (Å²) < 4.78 is 0. The second kappa shape index (κ2) is 39.3. The Balaban J connectivity index is 3.54. The number of hydrogen-bond donors (Lipinski definition) is 3. The first-order valence-electron chi connectivity index (χ1n) is 21.1. The van der Waals surface area contributed by atoms with Crippen molar-refractivity contribution >= 4 is 5.91 Å². The van der Waals surface area contributed by atoms with Crippen molar-refractivity contribution in [2.75, 3.05) is 6.61 Å². The summed E-state index contributed by atoms with van der Waals surface area (Å²) in [6, 6.07) is -0.633. The average Bonchev–Trinajstić information content (AvgIpc) is 3.07. The smallest absolute Gasteiger partial charge is 0.220 e. The highest BCUT2D eigenvalue weighted by Crippen LogP contribution is 2.16. The van der Waals surface area contributed by atoms with Crippen LogP contribution in [-0.2, 0) is 4.79 Å². The predicted molar refractivity (Wildman–Crippen MR) is 207 cm³/mol. The lowest BCUT2D eigenvalue weighted by atomic mass is 10.0. The van der Waals surface area contributed by atoms with Crippen LogP contribution in [0.15, 0.2) is 24.3 Å². The third-order valence-electron chi connectivity index (χ3n) is 9.69. The largest absolute Gasteiger partial charge is 0.394 e. The summed E-state index contributed by atoms with van der Waals surface area (Å²) in [6.07, 6.45) is 50.0. The maximum atomic E-state index is 12.3. The maximum absolute atomic E-state index is 12.3. The molecular formula is C43H83NO3. The van der Waals surface area contributed by atoms with Crippen LogP contribution in [0.1, 0.15) is 226 Å². The van der Waals surface area contributed by atoms with E-state index in [-0.39, 0.29) is 12.5 Å². The Hall–Kier alpha value is -1.13. The molecule has 0 saturated heterocycles. The topological polar surface area (TPSA) is 69.6 Å². The lowest BCUT2D eigenvalue weighted by molar-refractivity contribution is -0.123. The molecule has 3 N–H and O–H groups in total. The quantitative estimate of drug-likeness (QED) is 0.0455. The molecule has 0 aromatic heterocycles. The molecule has 4 nitrogen and oxygen atoms in total. The van der Waals surface area contributed by atoms with Crippen LogP contribution in [-0.4, -0.2) is 34.9 Å². The molecular weight excluding hydrogens is 578 g/mol. The number of hydrogen-bond acceptors (Lipinski definition) is 3. The highest BCUT2D eigenvalue weighted by atomic mass is 16.3. The van der Waals surface area contributed by atoms with Gasteiger partial charge in [-0.1, -0.05) is 212 Å². The van der Waals surface area contributed by atoms with Gasteiger partial charge < -0.3 is 15.5 Å². The van der Waals surface area contributed by atoms with Gasteiger partial charge in [-0.2, -0.15) is 0 Å². The van der Waals surface area contributed by atoms with Gasteiger partial charge in [0.05, 0.1) is 18.8 Å². The number of amides is 1. The first-order valence-corrected chi connectivity index (χ1v) is 21.1. The van der Waals surface area contributed by atoms with Gasteiger partial charge in [0, 0.05) is 6.42 Å². The maximum Gasteiger partial charge on any atom is 0.220 e. The van der Waals surface area contributed by atoms with Crippen LogP contribution in [0.5, 0.6) is 0 Å². The zero-order valence-corrected chi connectivity index (χ0v) is 31.8. The van der Waals surface area contributed by atoms with Crippen molar-refractivity contribution in [3.8, 4) is 0 Å². The third-order valence-corrected chi connectivity index (χ3v) is 9.69. The summed E-state index contributed by atoms with van der Waals surface area (Å²) in [5.74, 6) is -0.0713. The van der Waals surface area contributed by atoms with Crippen molar-refractivity contribution in [2.45, 2.75) is 238 Å². The molecule has 0 bridgehead atoms. The van der Waals surface area contributed by atoms with Gasteiger partial charge in [-0.15, -0.1) is 0 Å². The van der Waals surface area contributed by atoms with Crippen molar-refractivity contribution in [2.24, 2.45) is 0 Å². The lowest BCUT2D eigenvalue weighted by Gasteiger charge is -2.19. The highest BCUT2D eigenvalue weighted by Gasteiger charge is 2.17. The number of carbonyl (C=O) groups excluding carboxylic acids is 1. The van der Waals surface area contributed by atoms with Gasteiger partial charge >= 0.3 is 0 Å². The number of allylic oxidation sites excluding steroid dienone is 3. The molecule has 0 aromatic rings. The zero-order chi connectivity index (χ0) is 34.3. The van der Waals surface area contributed by atoms with Crippen LogP contribution in [0.2, 0.25) is 0 Å². The van der Waals surface area contributed by atoms with E-state index in [4.69, 9.17) is 0 Å².